The monoisotopic (exact) mass is 244 g/mol. The molecule has 0 aromatic rings. The molecule has 2 aliphatic rings. The van der Waals surface area contributed by atoms with Gasteiger partial charge in [0.25, 0.3) is 0 Å². The molecule has 0 amide bonds. The van der Waals surface area contributed by atoms with E-state index in [9.17, 15) is 5.11 Å². The second kappa shape index (κ2) is 6.66. The zero-order valence-electron chi connectivity index (χ0n) is 10.5. The van der Waals surface area contributed by atoms with Crippen LogP contribution in [0.25, 0.3) is 0 Å². The van der Waals surface area contributed by atoms with Gasteiger partial charge in [0.2, 0.25) is 0 Å². The number of hydrogen-bond acceptors (Lipinski definition) is 5. The molecule has 0 unspecified atom stereocenters. The number of aliphatic hydroxyl groups is 1. The third-order valence-corrected chi connectivity index (χ3v) is 3.78. The molecule has 2 heterocycles. The van der Waals surface area contributed by atoms with Gasteiger partial charge in [-0.25, -0.2) is 0 Å². The van der Waals surface area contributed by atoms with Gasteiger partial charge < -0.3 is 19.9 Å². The summed E-state index contributed by atoms with van der Waals surface area (Å²) in [5.74, 6) is 0. The van der Waals surface area contributed by atoms with Crippen LogP contribution in [0, 0.1) is 0 Å². The van der Waals surface area contributed by atoms with Crippen LogP contribution >= 0.6 is 0 Å². The molecular formula is C12H24N2O3. The van der Waals surface area contributed by atoms with Crippen molar-refractivity contribution in [3.8, 4) is 0 Å². The molecule has 0 bridgehead atoms. The van der Waals surface area contributed by atoms with Crippen molar-refractivity contribution < 1.29 is 14.6 Å². The highest BCUT2D eigenvalue weighted by molar-refractivity contribution is 4.89. The number of ether oxygens (including phenoxy) is 2. The second-order valence-electron chi connectivity index (χ2n) is 4.93. The third kappa shape index (κ3) is 3.89. The fraction of sp³-hybridized carbons (Fsp3) is 1.00. The van der Waals surface area contributed by atoms with E-state index in [1.165, 1.54) is 0 Å². The first-order valence-electron chi connectivity index (χ1n) is 6.58. The van der Waals surface area contributed by atoms with E-state index in [1.807, 2.05) is 0 Å². The lowest BCUT2D eigenvalue weighted by molar-refractivity contribution is 0.00710. The van der Waals surface area contributed by atoms with Crippen LogP contribution in [0.5, 0.6) is 0 Å². The maximum absolute atomic E-state index is 9.53. The number of hydrogen-bond donors (Lipinski definition) is 2. The lowest BCUT2D eigenvalue weighted by Gasteiger charge is -2.37. The van der Waals surface area contributed by atoms with Crippen LogP contribution in [0.15, 0.2) is 0 Å². The predicted octanol–water partition coefficient (Wildman–Crippen LogP) is -0.550. The minimum absolute atomic E-state index is 0.107. The topological polar surface area (TPSA) is 54.0 Å². The van der Waals surface area contributed by atoms with E-state index in [2.05, 4.69) is 10.2 Å². The summed E-state index contributed by atoms with van der Waals surface area (Å²) in [4.78, 5) is 2.40. The van der Waals surface area contributed by atoms with Gasteiger partial charge in [0, 0.05) is 44.9 Å². The van der Waals surface area contributed by atoms with Crippen LogP contribution in [0.4, 0.5) is 0 Å². The van der Waals surface area contributed by atoms with Crippen molar-refractivity contribution in [2.45, 2.75) is 18.4 Å². The van der Waals surface area contributed by atoms with Crippen LogP contribution in [-0.2, 0) is 9.47 Å². The number of morpholine rings is 1. The number of rotatable bonds is 5. The summed E-state index contributed by atoms with van der Waals surface area (Å²) in [6.45, 7) is 7.42. The molecule has 2 fully saturated rings. The fourth-order valence-electron chi connectivity index (χ4n) is 2.46. The van der Waals surface area contributed by atoms with E-state index in [4.69, 9.17) is 9.47 Å². The molecule has 17 heavy (non-hydrogen) atoms. The van der Waals surface area contributed by atoms with Crippen molar-refractivity contribution in [2.24, 2.45) is 0 Å². The van der Waals surface area contributed by atoms with Crippen LogP contribution in [0.3, 0.4) is 0 Å². The van der Waals surface area contributed by atoms with Crippen LogP contribution in [-0.4, -0.2) is 74.8 Å². The van der Waals surface area contributed by atoms with Crippen molar-refractivity contribution in [3.05, 3.63) is 0 Å². The SMILES string of the molecule is OCC1(NCCN2CCOCC2)CCOCC1. The maximum atomic E-state index is 9.53. The van der Waals surface area contributed by atoms with Gasteiger partial charge >= 0.3 is 0 Å². The summed E-state index contributed by atoms with van der Waals surface area (Å²) in [5.41, 5.74) is -0.107. The van der Waals surface area contributed by atoms with Gasteiger partial charge in [0.05, 0.1) is 19.8 Å². The first-order valence-corrected chi connectivity index (χ1v) is 6.58. The van der Waals surface area contributed by atoms with Crippen LogP contribution < -0.4 is 5.32 Å². The Morgan fingerprint density at radius 3 is 2.35 bits per heavy atom. The highest BCUT2D eigenvalue weighted by Gasteiger charge is 2.31. The normalized spacial score (nSPS) is 25.9. The molecular weight excluding hydrogens is 220 g/mol. The van der Waals surface area contributed by atoms with Gasteiger partial charge in [-0.15, -0.1) is 0 Å². The van der Waals surface area contributed by atoms with Gasteiger partial charge in [-0.1, -0.05) is 0 Å². The molecule has 2 rings (SSSR count). The Morgan fingerprint density at radius 1 is 1.06 bits per heavy atom. The molecule has 2 N–H and O–H groups in total. The maximum Gasteiger partial charge on any atom is 0.0615 e. The smallest absolute Gasteiger partial charge is 0.0615 e. The molecule has 5 nitrogen and oxygen atoms in total. The summed E-state index contributed by atoms with van der Waals surface area (Å²) in [7, 11) is 0. The van der Waals surface area contributed by atoms with Gasteiger partial charge in [0.15, 0.2) is 0 Å². The number of nitrogens with zero attached hydrogens (tertiary/aromatic N) is 1. The second-order valence-corrected chi connectivity index (χ2v) is 4.93. The van der Waals surface area contributed by atoms with Crippen molar-refractivity contribution in [3.63, 3.8) is 0 Å². The zero-order valence-corrected chi connectivity index (χ0v) is 10.5. The van der Waals surface area contributed by atoms with Gasteiger partial charge in [-0.05, 0) is 12.8 Å². The fourth-order valence-corrected chi connectivity index (χ4v) is 2.46. The lowest BCUT2D eigenvalue weighted by atomic mass is 9.91. The average molecular weight is 244 g/mol. The predicted molar refractivity (Wildman–Crippen MR) is 65.1 cm³/mol. The molecule has 0 aromatic carbocycles. The zero-order chi connectivity index (χ0) is 12.0. The summed E-state index contributed by atoms with van der Waals surface area (Å²) < 4.78 is 10.7. The summed E-state index contributed by atoms with van der Waals surface area (Å²) >= 11 is 0. The molecule has 100 valence electrons. The van der Waals surface area contributed by atoms with Crippen molar-refractivity contribution in [1.82, 2.24) is 10.2 Å². The Hall–Kier alpha value is -0.200. The Morgan fingerprint density at radius 2 is 1.71 bits per heavy atom. The van der Waals surface area contributed by atoms with Crippen molar-refractivity contribution in [2.75, 3.05) is 59.2 Å². The standard InChI is InChI=1S/C12H24N2O3/c15-11-12(1-7-16-8-2-12)13-3-4-14-5-9-17-10-6-14/h13,15H,1-11H2. The summed E-state index contributed by atoms with van der Waals surface area (Å²) in [6.07, 6.45) is 1.82. The molecule has 5 heteroatoms. The molecule has 0 aromatic heterocycles. The highest BCUT2D eigenvalue weighted by atomic mass is 16.5. The third-order valence-electron chi connectivity index (χ3n) is 3.78. The lowest BCUT2D eigenvalue weighted by Crippen LogP contribution is -2.54. The van der Waals surface area contributed by atoms with Crippen LogP contribution in [0.1, 0.15) is 12.8 Å². The average Bonchev–Trinajstić information content (AvgIpc) is 2.41. The molecule has 0 atom stereocenters. The Balaban J connectivity index is 1.68. The molecule has 0 aliphatic carbocycles. The summed E-state index contributed by atoms with van der Waals surface area (Å²) in [6, 6.07) is 0. The minimum Gasteiger partial charge on any atom is -0.394 e. The van der Waals surface area contributed by atoms with E-state index in [-0.39, 0.29) is 12.1 Å². The number of nitrogens with one attached hydrogen (secondary N) is 1. The largest absolute Gasteiger partial charge is 0.394 e. The van der Waals surface area contributed by atoms with Crippen molar-refractivity contribution in [1.29, 1.82) is 0 Å². The quantitative estimate of drug-likeness (QED) is 0.679. The Bertz CT molecular complexity index is 214. The van der Waals surface area contributed by atoms with E-state index < -0.39 is 0 Å². The van der Waals surface area contributed by atoms with E-state index in [0.29, 0.717) is 0 Å². The molecule has 2 aliphatic heterocycles. The van der Waals surface area contributed by atoms with Gasteiger partial charge in [-0.3, -0.25) is 4.90 Å². The molecule has 0 radical (unpaired) electrons. The van der Waals surface area contributed by atoms with E-state index in [0.717, 1.165) is 65.4 Å². The van der Waals surface area contributed by atoms with Crippen molar-refractivity contribution >= 4 is 0 Å². The van der Waals surface area contributed by atoms with Gasteiger partial charge in [0.1, 0.15) is 0 Å². The minimum atomic E-state index is -0.107. The summed E-state index contributed by atoms with van der Waals surface area (Å²) in [5, 5.41) is 13.0. The Kier molecular flexibility index (Phi) is 5.18. The van der Waals surface area contributed by atoms with E-state index in [1.54, 1.807) is 0 Å². The highest BCUT2D eigenvalue weighted by Crippen LogP contribution is 2.19. The first kappa shape index (κ1) is 13.2. The number of aliphatic hydroxyl groups excluding tert-OH is 1. The van der Waals surface area contributed by atoms with Gasteiger partial charge in [-0.2, -0.15) is 0 Å². The van der Waals surface area contributed by atoms with E-state index >= 15 is 0 Å². The van der Waals surface area contributed by atoms with Crippen LogP contribution in [0.2, 0.25) is 0 Å². The first-order chi connectivity index (χ1) is 8.35. The molecule has 0 saturated carbocycles. The molecule has 2 saturated heterocycles. The Labute approximate surface area is 103 Å². The molecule has 0 spiro atoms.